The number of carbonyl (C=O) groups excluding carboxylic acids is 1. The molecular weight excluding hydrogens is 220 g/mol. The average molecular weight is 238 g/mol. The largest absolute Gasteiger partial charge is 0.464 e. The molecule has 17 heavy (non-hydrogen) atoms. The van der Waals surface area contributed by atoms with E-state index in [0.717, 1.165) is 11.5 Å². The summed E-state index contributed by atoms with van der Waals surface area (Å²) in [6.45, 7) is 5.15. The molecule has 1 aromatic rings. The van der Waals surface area contributed by atoms with Crippen molar-refractivity contribution in [2.45, 2.75) is 25.9 Å². The summed E-state index contributed by atoms with van der Waals surface area (Å²) in [5.41, 5.74) is 5.65. The van der Waals surface area contributed by atoms with Crippen molar-refractivity contribution in [1.82, 2.24) is 4.90 Å². The van der Waals surface area contributed by atoms with Crippen LogP contribution in [0.3, 0.4) is 0 Å². The highest BCUT2D eigenvalue weighted by atomic mass is 16.5. The summed E-state index contributed by atoms with van der Waals surface area (Å²) in [6.07, 6.45) is 0. The Balaban J connectivity index is 2.20. The lowest BCUT2D eigenvalue weighted by molar-refractivity contribution is -0.142. The van der Waals surface area contributed by atoms with Gasteiger partial charge < -0.3 is 19.8 Å². The zero-order chi connectivity index (χ0) is 12.4. The Kier molecular flexibility index (Phi) is 3.49. The third kappa shape index (κ3) is 2.50. The number of ether oxygens (including phenoxy) is 1. The van der Waals surface area contributed by atoms with Crippen LogP contribution in [0.5, 0.6) is 0 Å². The van der Waals surface area contributed by atoms with Crippen LogP contribution in [0.25, 0.3) is 0 Å². The molecule has 1 fully saturated rings. The maximum Gasteiger partial charge on any atom is 0.239 e. The van der Waals surface area contributed by atoms with Crippen molar-refractivity contribution in [3.05, 3.63) is 23.7 Å². The molecule has 0 aromatic carbocycles. The van der Waals surface area contributed by atoms with Crippen LogP contribution in [0, 0.1) is 6.92 Å². The molecule has 0 aliphatic carbocycles. The lowest BCUT2D eigenvalue weighted by Crippen LogP contribution is -2.49. The molecule has 1 aromatic heterocycles. The molecule has 2 N–H and O–H groups in total. The summed E-state index contributed by atoms with van der Waals surface area (Å²) < 4.78 is 11.0. The molecule has 0 saturated carbocycles. The predicted molar refractivity (Wildman–Crippen MR) is 62.4 cm³/mol. The Morgan fingerprint density at radius 2 is 2.35 bits per heavy atom. The maximum absolute atomic E-state index is 12.0. The number of rotatable bonds is 2. The first-order valence-corrected chi connectivity index (χ1v) is 5.79. The van der Waals surface area contributed by atoms with Gasteiger partial charge in [-0.05, 0) is 26.0 Å². The fourth-order valence-corrected chi connectivity index (χ4v) is 2.00. The highest BCUT2D eigenvalue weighted by Crippen LogP contribution is 2.26. The van der Waals surface area contributed by atoms with Gasteiger partial charge in [-0.3, -0.25) is 4.79 Å². The quantitative estimate of drug-likeness (QED) is 0.828. The maximum atomic E-state index is 12.0. The second-order valence-corrected chi connectivity index (χ2v) is 4.36. The van der Waals surface area contributed by atoms with Crippen molar-refractivity contribution in [3.8, 4) is 0 Å². The number of hydrogen-bond donors (Lipinski definition) is 1. The highest BCUT2D eigenvalue weighted by molar-refractivity contribution is 5.81. The number of nitrogens with zero attached hydrogens (tertiary/aromatic N) is 1. The van der Waals surface area contributed by atoms with Gasteiger partial charge in [0.1, 0.15) is 17.6 Å². The zero-order valence-corrected chi connectivity index (χ0v) is 10.2. The summed E-state index contributed by atoms with van der Waals surface area (Å²) in [4.78, 5) is 13.7. The van der Waals surface area contributed by atoms with Crippen molar-refractivity contribution >= 4 is 5.91 Å². The lowest BCUT2D eigenvalue weighted by Gasteiger charge is -2.35. The molecule has 2 heterocycles. The van der Waals surface area contributed by atoms with Crippen LogP contribution < -0.4 is 5.73 Å². The van der Waals surface area contributed by atoms with Gasteiger partial charge in [-0.15, -0.1) is 0 Å². The Labute approximate surface area is 101 Å². The Morgan fingerprint density at radius 1 is 1.59 bits per heavy atom. The van der Waals surface area contributed by atoms with Crippen LogP contribution in [0.15, 0.2) is 16.5 Å². The van der Waals surface area contributed by atoms with Crippen LogP contribution in [0.4, 0.5) is 0 Å². The van der Waals surface area contributed by atoms with Gasteiger partial charge in [0, 0.05) is 6.54 Å². The van der Waals surface area contributed by atoms with E-state index >= 15 is 0 Å². The number of morpholine rings is 1. The van der Waals surface area contributed by atoms with Gasteiger partial charge in [0.25, 0.3) is 0 Å². The SMILES string of the molecule is Cc1ccc(C2COCCN2C(=O)C(C)N)o1. The minimum absolute atomic E-state index is 0.0626. The average Bonchev–Trinajstić information content (AvgIpc) is 2.74. The number of furan rings is 1. The summed E-state index contributed by atoms with van der Waals surface area (Å²) in [6, 6.07) is 3.12. The van der Waals surface area contributed by atoms with Crippen LogP contribution >= 0.6 is 0 Å². The topological polar surface area (TPSA) is 68.7 Å². The number of amides is 1. The molecule has 2 rings (SSSR count). The molecule has 1 aliphatic rings. The molecule has 0 spiro atoms. The van der Waals surface area contributed by atoms with Crippen molar-refractivity contribution in [3.63, 3.8) is 0 Å². The van der Waals surface area contributed by atoms with Crippen molar-refractivity contribution < 1.29 is 13.9 Å². The predicted octanol–water partition coefficient (Wildman–Crippen LogP) is 0.835. The third-order valence-electron chi connectivity index (χ3n) is 2.89. The van der Waals surface area contributed by atoms with E-state index in [1.54, 1.807) is 11.8 Å². The second-order valence-electron chi connectivity index (χ2n) is 4.36. The van der Waals surface area contributed by atoms with E-state index in [2.05, 4.69) is 0 Å². The number of aryl methyl sites for hydroxylation is 1. The Hall–Kier alpha value is -1.33. The first-order chi connectivity index (χ1) is 8.09. The van der Waals surface area contributed by atoms with Crippen LogP contribution in [0.2, 0.25) is 0 Å². The van der Waals surface area contributed by atoms with Crippen LogP contribution in [0.1, 0.15) is 24.5 Å². The first kappa shape index (κ1) is 12.1. The molecule has 0 bridgehead atoms. The van der Waals surface area contributed by atoms with Gasteiger partial charge in [0.05, 0.1) is 19.3 Å². The third-order valence-corrected chi connectivity index (χ3v) is 2.89. The van der Waals surface area contributed by atoms with E-state index < -0.39 is 6.04 Å². The smallest absolute Gasteiger partial charge is 0.239 e. The molecule has 0 radical (unpaired) electrons. The van der Waals surface area contributed by atoms with E-state index in [1.807, 2.05) is 19.1 Å². The molecule has 5 heteroatoms. The van der Waals surface area contributed by atoms with Crippen LogP contribution in [-0.2, 0) is 9.53 Å². The number of nitrogens with two attached hydrogens (primary N) is 1. The highest BCUT2D eigenvalue weighted by Gasteiger charge is 2.31. The van der Waals surface area contributed by atoms with E-state index in [0.29, 0.717) is 19.8 Å². The van der Waals surface area contributed by atoms with Crippen molar-refractivity contribution in [1.29, 1.82) is 0 Å². The van der Waals surface area contributed by atoms with E-state index in [9.17, 15) is 4.79 Å². The molecule has 1 amide bonds. The molecule has 1 saturated heterocycles. The standard InChI is InChI=1S/C12H18N2O3/c1-8-3-4-11(17-8)10-7-16-6-5-14(10)12(15)9(2)13/h3-4,9-10H,5-7,13H2,1-2H3. The Morgan fingerprint density at radius 3 is 2.94 bits per heavy atom. The molecule has 2 atom stereocenters. The van der Waals surface area contributed by atoms with Crippen LogP contribution in [-0.4, -0.2) is 36.6 Å². The minimum atomic E-state index is -0.494. The first-order valence-electron chi connectivity index (χ1n) is 5.79. The van der Waals surface area contributed by atoms with E-state index in [4.69, 9.17) is 14.9 Å². The number of hydrogen-bond acceptors (Lipinski definition) is 4. The normalized spacial score (nSPS) is 22.5. The summed E-state index contributed by atoms with van der Waals surface area (Å²) >= 11 is 0. The van der Waals surface area contributed by atoms with Gasteiger partial charge in [-0.25, -0.2) is 0 Å². The summed E-state index contributed by atoms with van der Waals surface area (Å²) in [5.74, 6) is 1.53. The van der Waals surface area contributed by atoms with Gasteiger partial charge >= 0.3 is 0 Å². The fourth-order valence-electron chi connectivity index (χ4n) is 2.00. The van der Waals surface area contributed by atoms with Gasteiger partial charge in [-0.1, -0.05) is 0 Å². The Bertz CT molecular complexity index is 400. The van der Waals surface area contributed by atoms with Gasteiger partial charge in [0.2, 0.25) is 5.91 Å². The fraction of sp³-hybridized carbons (Fsp3) is 0.583. The molecular formula is C12H18N2O3. The van der Waals surface area contributed by atoms with E-state index in [1.165, 1.54) is 0 Å². The molecule has 1 aliphatic heterocycles. The minimum Gasteiger partial charge on any atom is -0.464 e. The van der Waals surface area contributed by atoms with Gasteiger partial charge in [-0.2, -0.15) is 0 Å². The zero-order valence-electron chi connectivity index (χ0n) is 10.2. The van der Waals surface area contributed by atoms with E-state index in [-0.39, 0.29) is 11.9 Å². The molecule has 5 nitrogen and oxygen atoms in total. The molecule has 2 unspecified atom stereocenters. The molecule has 94 valence electrons. The summed E-state index contributed by atoms with van der Waals surface area (Å²) in [7, 11) is 0. The second kappa shape index (κ2) is 4.89. The number of carbonyl (C=O) groups is 1. The van der Waals surface area contributed by atoms with Gasteiger partial charge in [0.15, 0.2) is 0 Å². The van der Waals surface area contributed by atoms with Crippen molar-refractivity contribution in [2.75, 3.05) is 19.8 Å². The lowest BCUT2D eigenvalue weighted by atomic mass is 10.1. The summed E-state index contributed by atoms with van der Waals surface area (Å²) in [5, 5.41) is 0. The monoisotopic (exact) mass is 238 g/mol. The van der Waals surface area contributed by atoms with Crippen molar-refractivity contribution in [2.24, 2.45) is 5.73 Å².